The van der Waals surface area contributed by atoms with Crippen molar-refractivity contribution in [3.8, 4) is 0 Å². The smallest absolute Gasteiger partial charge is 0.291 e. The number of carbonyl (C=O) groups excluding carboxylic acids is 1. The van der Waals surface area contributed by atoms with Crippen molar-refractivity contribution < 1.29 is 22.6 Å². The van der Waals surface area contributed by atoms with Gasteiger partial charge in [-0.1, -0.05) is 24.3 Å². The van der Waals surface area contributed by atoms with Crippen molar-refractivity contribution >= 4 is 27.1 Å². The molecule has 0 radical (unpaired) electrons. The number of furan rings is 1. The number of nitrogens with one attached hydrogen (secondary N) is 1. The molecule has 2 aromatic carbocycles. The molecule has 26 heavy (non-hydrogen) atoms. The zero-order chi connectivity index (χ0) is 18.7. The molecule has 1 amide bonds. The van der Waals surface area contributed by atoms with E-state index in [2.05, 4.69) is 5.32 Å². The quantitative estimate of drug-likeness (QED) is 0.542. The number of hydrogen-bond acceptors (Lipinski definition) is 6. The molecule has 1 heterocycles. The summed E-state index contributed by atoms with van der Waals surface area (Å²) >= 11 is 0. The number of nitro groups is 1. The van der Waals surface area contributed by atoms with Crippen LogP contribution in [0.5, 0.6) is 0 Å². The molecule has 0 saturated carbocycles. The van der Waals surface area contributed by atoms with E-state index in [1.807, 2.05) is 0 Å². The first-order valence-corrected chi connectivity index (χ1v) is 8.82. The SMILES string of the molecule is O=C(Nc1cccc([N+](=O)[O-])c1)c1ccc(S(=O)(=O)c2ccccc2)o1. The number of nitro benzene ring substituents is 1. The van der Waals surface area contributed by atoms with Crippen LogP contribution in [0.3, 0.4) is 0 Å². The summed E-state index contributed by atoms with van der Waals surface area (Å²) in [5.41, 5.74) is 0.00246. The average Bonchev–Trinajstić information content (AvgIpc) is 3.14. The summed E-state index contributed by atoms with van der Waals surface area (Å²) in [5, 5.41) is 12.8. The molecule has 0 fully saturated rings. The number of anilines is 1. The number of benzene rings is 2. The normalized spacial score (nSPS) is 11.1. The van der Waals surface area contributed by atoms with E-state index >= 15 is 0 Å². The molecule has 0 aliphatic heterocycles. The zero-order valence-corrected chi connectivity index (χ0v) is 14.0. The van der Waals surface area contributed by atoms with Crippen LogP contribution < -0.4 is 5.32 Å². The Balaban J connectivity index is 1.83. The predicted molar refractivity (Wildman–Crippen MR) is 91.7 cm³/mol. The third-order valence-corrected chi connectivity index (χ3v) is 5.08. The predicted octanol–water partition coefficient (Wildman–Crippen LogP) is 3.27. The number of hydrogen-bond donors (Lipinski definition) is 1. The highest BCUT2D eigenvalue weighted by molar-refractivity contribution is 7.91. The van der Waals surface area contributed by atoms with Crippen molar-refractivity contribution in [3.63, 3.8) is 0 Å². The van der Waals surface area contributed by atoms with Crippen LogP contribution in [0.15, 0.2) is 81.1 Å². The van der Waals surface area contributed by atoms with Crippen LogP contribution >= 0.6 is 0 Å². The summed E-state index contributed by atoms with van der Waals surface area (Å²) in [4.78, 5) is 22.4. The molecular formula is C17H12N2O6S. The molecule has 0 atom stereocenters. The Hall–Kier alpha value is -3.46. The molecular weight excluding hydrogens is 360 g/mol. The van der Waals surface area contributed by atoms with Crippen molar-refractivity contribution in [1.29, 1.82) is 0 Å². The van der Waals surface area contributed by atoms with E-state index in [1.54, 1.807) is 18.2 Å². The molecule has 9 heteroatoms. The number of rotatable bonds is 5. The van der Waals surface area contributed by atoms with Crippen LogP contribution in [0.25, 0.3) is 0 Å². The van der Waals surface area contributed by atoms with Crippen molar-refractivity contribution in [2.45, 2.75) is 9.99 Å². The first-order valence-electron chi connectivity index (χ1n) is 7.34. The maximum atomic E-state index is 12.4. The van der Waals surface area contributed by atoms with E-state index in [1.165, 1.54) is 48.5 Å². The molecule has 1 N–H and O–H groups in total. The summed E-state index contributed by atoms with van der Waals surface area (Å²) in [5.74, 6) is -0.953. The standard InChI is InChI=1S/C17H12N2O6S/c20-17(18-12-5-4-6-13(11-12)19(21)22)15-9-10-16(25-15)26(23,24)14-7-2-1-3-8-14/h1-11H,(H,18,20). The molecule has 0 aliphatic rings. The second-order valence-electron chi connectivity index (χ2n) is 5.20. The maximum Gasteiger partial charge on any atom is 0.291 e. The van der Waals surface area contributed by atoms with Gasteiger partial charge >= 0.3 is 0 Å². The second kappa shape index (κ2) is 6.81. The summed E-state index contributed by atoms with van der Waals surface area (Å²) in [6.45, 7) is 0. The van der Waals surface area contributed by atoms with E-state index in [0.717, 1.165) is 0 Å². The van der Waals surface area contributed by atoms with Crippen LogP contribution in [0.1, 0.15) is 10.6 Å². The third-order valence-electron chi connectivity index (χ3n) is 3.44. The molecule has 0 aliphatic carbocycles. The Labute approximate surface area is 148 Å². The van der Waals surface area contributed by atoms with Gasteiger partial charge < -0.3 is 9.73 Å². The Morgan fingerprint density at radius 2 is 1.73 bits per heavy atom. The first kappa shape index (κ1) is 17.4. The van der Waals surface area contributed by atoms with Gasteiger partial charge in [-0.05, 0) is 30.3 Å². The lowest BCUT2D eigenvalue weighted by Crippen LogP contribution is -2.11. The van der Waals surface area contributed by atoms with Crippen molar-refractivity contribution in [2.75, 3.05) is 5.32 Å². The lowest BCUT2D eigenvalue weighted by Gasteiger charge is -2.03. The van der Waals surface area contributed by atoms with Gasteiger partial charge in [-0.15, -0.1) is 0 Å². The molecule has 3 rings (SSSR count). The number of non-ortho nitro benzene ring substituents is 1. The molecule has 0 spiro atoms. The van der Waals surface area contributed by atoms with Crippen LogP contribution in [-0.4, -0.2) is 19.2 Å². The highest BCUT2D eigenvalue weighted by Gasteiger charge is 2.23. The van der Waals surface area contributed by atoms with Gasteiger partial charge in [0, 0.05) is 17.8 Å². The van der Waals surface area contributed by atoms with E-state index < -0.39 is 20.7 Å². The van der Waals surface area contributed by atoms with Gasteiger partial charge in [-0.25, -0.2) is 8.42 Å². The Kier molecular flexibility index (Phi) is 4.55. The lowest BCUT2D eigenvalue weighted by atomic mass is 10.2. The number of carbonyl (C=O) groups is 1. The fraction of sp³-hybridized carbons (Fsp3) is 0. The van der Waals surface area contributed by atoms with E-state index in [4.69, 9.17) is 4.42 Å². The molecule has 1 aromatic heterocycles. The van der Waals surface area contributed by atoms with Gasteiger partial charge in [-0.3, -0.25) is 14.9 Å². The highest BCUT2D eigenvalue weighted by Crippen LogP contribution is 2.23. The fourth-order valence-electron chi connectivity index (χ4n) is 2.19. The molecule has 0 bridgehead atoms. The molecule has 8 nitrogen and oxygen atoms in total. The molecule has 0 saturated heterocycles. The van der Waals surface area contributed by atoms with Gasteiger partial charge in [0.15, 0.2) is 5.76 Å². The molecule has 3 aromatic rings. The van der Waals surface area contributed by atoms with Crippen LogP contribution in [0, 0.1) is 10.1 Å². The van der Waals surface area contributed by atoms with Gasteiger partial charge in [-0.2, -0.15) is 0 Å². The number of nitrogens with zero attached hydrogens (tertiary/aromatic N) is 1. The zero-order valence-electron chi connectivity index (χ0n) is 13.2. The summed E-state index contributed by atoms with van der Waals surface area (Å²) < 4.78 is 30.1. The Bertz CT molecular complexity index is 1070. The van der Waals surface area contributed by atoms with Crippen molar-refractivity contribution in [1.82, 2.24) is 0 Å². The topological polar surface area (TPSA) is 120 Å². The van der Waals surface area contributed by atoms with E-state index in [9.17, 15) is 23.3 Å². The van der Waals surface area contributed by atoms with Gasteiger partial charge in [0.1, 0.15) is 0 Å². The summed E-state index contributed by atoms with van der Waals surface area (Å²) in [6, 6.07) is 15.4. The third kappa shape index (κ3) is 3.47. The van der Waals surface area contributed by atoms with Crippen molar-refractivity contribution in [3.05, 3.63) is 82.6 Å². The number of amides is 1. The first-order chi connectivity index (χ1) is 12.4. The largest absolute Gasteiger partial charge is 0.439 e. The number of sulfone groups is 1. The monoisotopic (exact) mass is 372 g/mol. The minimum atomic E-state index is -3.88. The average molecular weight is 372 g/mol. The highest BCUT2D eigenvalue weighted by atomic mass is 32.2. The molecule has 132 valence electrons. The summed E-state index contributed by atoms with van der Waals surface area (Å²) in [7, 11) is -3.88. The van der Waals surface area contributed by atoms with Gasteiger partial charge in [0.05, 0.1) is 9.82 Å². The van der Waals surface area contributed by atoms with Crippen LogP contribution in [-0.2, 0) is 9.84 Å². The second-order valence-corrected chi connectivity index (χ2v) is 7.08. The van der Waals surface area contributed by atoms with Crippen molar-refractivity contribution in [2.24, 2.45) is 0 Å². The minimum Gasteiger partial charge on any atom is -0.439 e. The fourth-order valence-corrected chi connectivity index (χ4v) is 3.39. The van der Waals surface area contributed by atoms with E-state index in [-0.39, 0.29) is 27.1 Å². The minimum absolute atomic E-state index is 0.0417. The van der Waals surface area contributed by atoms with E-state index in [0.29, 0.717) is 0 Å². The Morgan fingerprint density at radius 3 is 2.42 bits per heavy atom. The molecule has 0 unspecified atom stereocenters. The lowest BCUT2D eigenvalue weighted by molar-refractivity contribution is -0.384. The van der Waals surface area contributed by atoms with Gasteiger partial charge in [0.2, 0.25) is 14.9 Å². The van der Waals surface area contributed by atoms with Crippen LogP contribution in [0.4, 0.5) is 11.4 Å². The van der Waals surface area contributed by atoms with Gasteiger partial charge in [0.25, 0.3) is 11.6 Å². The maximum absolute atomic E-state index is 12.4. The van der Waals surface area contributed by atoms with Crippen LogP contribution in [0.2, 0.25) is 0 Å². The summed E-state index contributed by atoms with van der Waals surface area (Å²) in [6.07, 6.45) is 0. The Morgan fingerprint density at radius 1 is 1.00 bits per heavy atom.